The summed E-state index contributed by atoms with van der Waals surface area (Å²) >= 11 is 1.84. The fraction of sp³-hybridized carbons (Fsp3) is 0.483. The van der Waals surface area contributed by atoms with E-state index >= 15 is 0 Å². The number of fused-ring (bicyclic) bond motifs is 1. The number of hydrogen-bond acceptors (Lipinski definition) is 4. The highest BCUT2D eigenvalue weighted by Crippen LogP contribution is 2.41. The SMILES string of the molecule is CCCSc1cc2c(cc1C#Cc1ccc(C(CCC)C(=O)OCC)cc1)C(C)(C)CCO2. The standard InChI is InChI=1S/C29H36O3S/c1-6-9-24(28(30)31-8-3)22-13-10-21(11-14-22)12-15-23-19-25-26(20-27(23)33-18-7-2)32-17-16-29(25,4)5/h10-11,13-14,19-20,24H,6-9,16-18H2,1-5H3. The van der Waals surface area contributed by atoms with Crippen molar-refractivity contribution in [3.63, 3.8) is 0 Å². The topological polar surface area (TPSA) is 35.5 Å². The van der Waals surface area contributed by atoms with Crippen molar-refractivity contribution in [3.8, 4) is 17.6 Å². The van der Waals surface area contributed by atoms with Gasteiger partial charge in [-0.1, -0.05) is 58.1 Å². The second-order valence-electron chi connectivity index (χ2n) is 9.14. The van der Waals surface area contributed by atoms with Crippen molar-refractivity contribution >= 4 is 17.7 Å². The fourth-order valence-corrected chi connectivity index (χ4v) is 4.96. The van der Waals surface area contributed by atoms with E-state index in [1.807, 2.05) is 43.0 Å². The number of hydrogen-bond donors (Lipinski definition) is 0. The van der Waals surface area contributed by atoms with Crippen LogP contribution in [-0.4, -0.2) is 24.9 Å². The van der Waals surface area contributed by atoms with Gasteiger partial charge in [-0.3, -0.25) is 4.79 Å². The van der Waals surface area contributed by atoms with Crippen LogP contribution in [0.5, 0.6) is 5.75 Å². The Hall–Kier alpha value is -2.38. The van der Waals surface area contributed by atoms with Gasteiger partial charge < -0.3 is 9.47 Å². The molecule has 3 rings (SSSR count). The lowest BCUT2D eigenvalue weighted by Gasteiger charge is -2.33. The maximum Gasteiger partial charge on any atom is 0.313 e. The first-order chi connectivity index (χ1) is 15.9. The average molecular weight is 465 g/mol. The summed E-state index contributed by atoms with van der Waals surface area (Å²) in [6.07, 6.45) is 3.84. The molecule has 0 aromatic heterocycles. The minimum atomic E-state index is -0.211. The molecular formula is C29H36O3S. The van der Waals surface area contributed by atoms with Crippen LogP contribution in [0.4, 0.5) is 0 Å². The monoisotopic (exact) mass is 464 g/mol. The van der Waals surface area contributed by atoms with Crippen LogP contribution < -0.4 is 4.74 Å². The Kier molecular flexibility index (Phi) is 8.92. The first-order valence-electron chi connectivity index (χ1n) is 12.1. The summed E-state index contributed by atoms with van der Waals surface area (Å²) in [4.78, 5) is 13.5. The maximum atomic E-state index is 12.4. The lowest BCUT2D eigenvalue weighted by Crippen LogP contribution is -2.26. The summed E-state index contributed by atoms with van der Waals surface area (Å²) in [5, 5.41) is 0. The van der Waals surface area contributed by atoms with Crippen LogP contribution in [-0.2, 0) is 14.9 Å². The van der Waals surface area contributed by atoms with Crippen LogP contribution in [0.15, 0.2) is 41.3 Å². The zero-order valence-corrected chi connectivity index (χ0v) is 21.4. The normalized spacial score (nSPS) is 14.9. The molecule has 1 atom stereocenters. The van der Waals surface area contributed by atoms with Gasteiger partial charge in [0.05, 0.1) is 19.1 Å². The molecule has 0 aliphatic carbocycles. The summed E-state index contributed by atoms with van der Waals surface area (Å²) < 4.78 is 11.3. The third-order valence-corrected chi connectivity index (χ3v) is 7.32. The molecule has 176 valence electrons. The Bertz CT molecular complexity index is 1010. The van der Waals surface area contributed by atoms with E-state index in [2.05, 4.69) is 51.7 Å². The van der Waals surface area contributed by atoms with Gasteiger partial charge in [-0.05, 0) is 67.2 Å². The van der Waals surface area contributed by atoms with E-state index in [1.165, 1.54) is 10.5 Å². The molecule has 4 heteroatoms. The molecule has 0 amide bonds. The largest absolute Gasteiger partial charge is 0.493 e. The van der Waals surface area contributed by atoms with Gasteiger partial charge >= 0.3 is 5.97 Å². The first-order valence-corrected chi connectivity index (χ1v) is 13.1. The molecule has 0 bridgehead atoms. The molecule has 2 aromatic rings. The molecule has 0 N–H and O–H groups in total. The molecule has 0 saturated carbocycles. The molecule has 2 aromatic carbocycles. The number of esters is 1. The second-order valence-corrected chi connectivity index (χ2v) is 10.3. The van der Waals surface area contributed by atoms with E-state index in [9.17, 15) is 4.79 Å². The summed E-state index contributed by atoms with van der Waals surface area (Å²) in [5.74, 6) is 8.47. The van der Waals surface area contributed by atoms with Crippen LogP contribution in [0.3, 0.4) is 0 Å². The lowest BCUT2D eigenvalue weighted by atomic mass is 9.79. The van der Waals surface area contributed by atoms with Gasteiger partial charge in [-0.15, -0.1) is 11.8 Å². The number of carbonyl (C=O) groups excluding carboxylic acids is 1. The van der Waals surface area contributed by atoms with Gasteiger partial charge in [-0.25, -0.2) is 0 Å². The van der Waals surface area contributed by atoms with Crippen molar-refractivity contribution < 1.29 is 14.3 Å². The zero-order valence-electron chi connectivity index (χ0n) is 20.6. The Morgan fingerprint density at radius 1 is 1.12 bits per heavy atom. The molecule has 1 aliphatic rings. The summed E-state index contributed by atoms with van der Waals surface area (Å²) in [5.41, 5.74) is 4.32. The molecule has 0 fully saturated rings. The van der Waals surface area contributed by atoms with Gasteiger partial charge in [0.15, 0.2) is 0 Å². The quantitative estimate of drug-likeness (QED) is 0.237. The highest BCUT2D eigenvalue weighted by Gasteiger charge is 2.29. The minimum absolute atomic E-state index is 0.0843. The van der Waals surface area contributed by atoms with Crippen molar-refractivity contribution in [1.82, 2.24) is 0 Å². The van der Waals surface area contributed by atoms with Crippen molar-refractivity contribution in [2.45, 2.75) is 76.5 Å². The van der Waals surface area contributed by atoms with Gasteiger partial charge in [0.25, 0.3) is 0 Å². The van der Waals surface area contributed by atoms with Crippen molar-refractivity contribution in [1.29, 1.82) is 0 Å². The Morgan fingerprint density at radius 2 is 1.88 bits per heavy atom. The van der Waals surface area contributed by atoms with Crippen LogP contribution in [0.1, 0.15) is 88.5 Å². The van der Waals surface area contributed by atoms with Crippen LogP contribution in [0.25, 0.3) is 0 Å². The van der Waals surface area contributed by atoms with Gasteiger partial charge in [0.2, 0.25) is 0 Å². The molecule has 0 radical (unpaired) electrons. The average Bonchev–Trinajstić information content (AvgIpc) is 2.80. The van der Waals surface area contributed by atoms with Crippen molar-refractivity contribution in [2.24, 2.45) is 0 Å². The lowest BCUT2D eigenvalue weighted by molar-refractivity contribution is -0.145. The Labute approximate surface area is 203 Å². The Morgan fingerprint density at radius 3 is 2.55 bits per heavy atom. The van der Waals surface area contributed by atoms with E-state index in [0.29, 0.717) is 6.61 Å². The van der Waals surface area contributed by atoms with Gasteiger partial charge in [-0.2, -0.15) is 0 Å². The first kappa shape index (κ1) is 25.2. The summed E-state index contributed by atoms with van der Waals surface area (Å²) in [6.45, 7) is 11.9. The number of rotatable bonds is 8. The minimum Gasteiger partial charge on any atom is -0.493 e. The molecule has 1 unspecified atom stereocenters. The van der Waals surface area contributed by atoms with E-state index in [0.717, 1.165) is 60.5 Å². The molecular weight excluding hydrogens is 428 g/mol. The van der Waals surface area contributed by atoms with Crippen molar-refractivity contribution in [2.75, 3.05) is 19.0 Å². The zero-order chi connectivity index (χ0) is 23.8. The van der Waals surface area contributed by atoms with E-state index in [-0.39, 0.29) is 17.3 Å². The van der Waals surface area contributed by atoms with E-state index < -0.39 is 0 Å². The van der Waals surface area contributed by atoms with Crippen LogP contribution in [0.2, 0.25) is 0 Å². The highest BCUT2D eigenvalue weighted by atomic mass is 32.2. The molecule has 0 saturated heterocycles. The molecule has 3 nitrogen and oxygen atoms in total. The predicted molar refractivity (Wildman–Crippen MR) is 137 cm³/mol. The van der Waals surface area contributed by atoms with Crippen molar-refractivity contribution in [3.05, 3.63) is 58.7 Å². The number of carbonyl (C=O) groups is 1. The van der Waals surface area contributed by atoms with Gasteiger partial charge in [0.1, 0.15) is 5.75 Å². The Balaban J connectivity index is 1.90. The number of ether oxygens (including phenoxy) is 2. The third-order valence-electron chi connectivity index (χ3n) is 6.06. The highest BCUT2D eigenvalue weighted by molar-refractivity contribution is 7.99. The third kappa shape index (κ3) is 6.36. The summed E-state index contributed by atoms with van der Waals surface area (Å²) in [7, 11) is 0. The van der Waals surface area contributed by atoms with E-state index in [1.54, 1.807) is 0 Å². The molecule has 33 heavy (non-hydrogen) atoms. The second kappa shape index (κ2) is 11.7. The number of thioether (sulfide) groups is 1. The molecule has 1 heterocycles. The smallest absolute Gasteiger partial charge is 0.313 e. The summed E-state index contributed by atoms with van der Waals surface area (Å²) in [6, 6.07) is 12.4. The van der Waals surface area contributed by atoms with Gasteiger partial charge in [0, 0.05) is 21.6 Å². The maximum absolute atomic E-state index is 12.4. The predicted octanol–water partition coefficient (Wildman–Crippen LogP) is 7.10. The van der Waals surface area contributed by atoms with E-state index in [4.69, 9.17) is 9.47 Å². The molecule has 0 spiro atoms. The van der Waals surface area contributed by atoms with Crippen LogP contribution >= 0.6 is 11.8 Å². The number of benzene rings is 2. The fourth-order valence-electron chi connectivity index (χ4n) is 4.08. The van der Waals surface area contributed by atoms with Crippen LogP contribution in [0, 0.1) is 11.8 Å². The molecule has 1 aliphatic heterocycles.